The molecular weight excluding hydrogens is 589 g/mol. The number of amides is 1. The maximum absolute atomic E-state index is 12.4. The summed E-state index contributed by atoms with van der Waals surface area (Å²) in [5, 5.41) is 22.8. The van der Waals surface area contributed by atoms with Crippen LogP contribution in [0.2, 0.25) is 0 Å². The van der Waals surface area contributed by atoms with Gasteiger partial charge in [-0.25, -0.2) is 0 Å². The molecule has 0 aromatic heterocycles. The highest BCUT2D eigenvalue weighted by Crippen LogP contribution is 2.25. The van der Waals surface area contributed by atoms with Crippen LogP contribution in [-0.4, -0.2) is 10.8 Å². The lowest BCUT2D eigenvalue weighted by Gasteiger charge is -2.09. The Morgan fingerprint density at radius 3 is 2.44 bits per heavy atom. The number of nitro benzene ring substituents is 1. The summed E-state index contributed by atoms with van der Waals surface area (Å²) >= 11 is 5.44. The monoisotopic (exact) mass is 603 g/mol. The van der Waals surface area contributed by atoms with E-state index in [1.165, 1.54) is 18.2 Å². The lowest BCUT2D eigenvalue weighted by Crippen LogP contribution is -2.13. The number of ether oxygens (including phenoxy) is 1. The van der Waals surface area contributed by atoms with Crippen molar-refractivity contribution in [3.63, 3.8) is 0 Å². The van der Waals surface area contributed by atoms with Gasteiger partial charge in [0.1, 0.15) is 24.0 Å². The lowest BCUT2D eigenvalue weighted by molar-refractivity contribution is -0.384. The summed E-state index contributed by atoms with van der Waals surface area (Å²) in [4.78, 5) is 22.7. The zero-order valence-electron chi connectivity index (χ0n) is 16.4. The van der Waals surface area contributed by atoms with E-state index in [1.807, 2.05) is 6.07 Å². The number of nitrogens with zero attached hydrogens (tertiary/aromatic N) is 2. The molecule has 32 heavy (non-hydrogen) atoms. The smallest absolute Gasteiger partial charge is 0.269 e. The maximum Gasteiger partial charge on any atom is 0.269 e. The Morgan fingerprint density at radius 1 is 1.16 bits per heavy atom. The highest BCUT2D eigenvalue weighted by Gasteiger charge is 2.11. The quantitative estimate of drug-likeness (QED) is 0.116. The molecule has 1 N–H and O–H groups in total. The van der Waals surface area contributed by atoms with Crippen molar-refractivity contribution in [3.05, 3.63) is 102 Å². The van der Waals surface area contributed by atoms with Crippen molar-refractivity contribution in [1.29, 1.82) is 5.26 Å². The molecule has 0 unspecified atom stereocenters. The van der Waals surface area contributed by atoms with Crippen LogP contribution >= 0.6 is 38.5 Å². The van der Waals surface area contributed by atoms with Crippen LogP contribution in [0, 0.1) is 25.0 Å². The number of hydrogen-bond acceptors (Lipinski definition) is 5. The molecule has 0 aliphatic rings. The first-order chi connectivity index (χ1) is 15.4. The van der Waals surface area contributed by atoms with Crippen molar-refractivity contribution < 1.29 is 14.5 Å². The van der Waals surface area contributed by atoms with Crippen LogP contribution in [0.4, 0.5) is 11.4 Å². The molecule has 0 fully saturated rings. The van der Waals surface area contributed by atoms with Crippen LogP contribution in [0.15, 0.2) is 76.8 Å². The molecule has 0 saturated carbocycles. The Bertz CT molecular complexity index is 1220. The molecule has 0 aliphatic carbocycles. The maximum atomic E-state index is 12.4. The summed E-state index contributed by atoms with van der Waals surface area (Å²) < 4.78 is 7.48. The van der Waals surface area contributed by atoms with E-state index in [4.69, 9.17) is 4.74 Å². The number of nitriles is 1. The molecule has 3 aromatic rings. The van der Waals surface area contributed by atoms with Gasteiger partial charge in [-0.05, 0) is 88.3 Å². The van der Waals surface area contributed by atoms with Gasteiger partial charge in [0.2, 0.25) is 0 Å². The molecule has 9 heteroatoms. The number of halogens is 2. The normalized spacial score (nSPS) is 10.8. The fourth-order valence-electron chi connectivity index (χ4n) is 2.65. The lowest BCUT2D eigenvalue weighted by atomic mass is 10.1. The third-order valence-corrected chi connectivity index (χ3v) is 5.65. The number of carbonyl (C=O) groups excluding carboxylic acids is 1. The molecule has 0 aliphatic heterocycles. The van der Waals surface area contributed by atoms with Crippen molar-refractivity contribution in [2.75, 3.05) is 5.32 Å². The molecule has 1 amide bonds. The van der Waals surface area contributed by atoms with Gasteiger partial charge in [-0.2, -0.15) is 5.26 Å². The van der Waals surface area contributed by atoms with Crippen LogP contribution in [0.1, 0.15) is 11.1 Å². The molecule has 0 radical (unpaired) electrons. The summed E-state index contributed by atoms with van der Waals surface area (Å²) in [7, 11) is 0. The van der Waals surface area contributed by atoms with Crippen molar-refractivity contribution in [1.82, 2.24) is 0 Å². The van der Waals surface area contributed by atoms with Gasteiger partial charge in [0.25, 0.3) is 11.6 Å². The predicted octanol–water partition coefficient (Wildman–Crippen LogP) is 6.09. The Labute approximate surface area is 206 Å². The number of rotatable bonds is 7. The van der Waals surface area contributed by atoms with E-state index in [-0.39, 0.29) is 17.9 Å². The second-order valence-corrected chi connectivity index (χ2v) is 8.61. The first-order valence-electron chi connectivity index (χ1n) is 9.20. The zero-order valence-corrected chi connectivity index (χ0v) is 20.2. The fraction of sp³-hybridized carbons (Fsp3) is 0.0435. The van der Waals surface area contributed by atoms with Gasteiger partial charge < -0.3 is 10.1 Å². The molecule has 0 heterocycles. The van der Waals surface area contributed by atoms with Crippen LogP contribution in [0.3, 0.4) is 0 Å². The average molecular weight is 604 g/mol. The second kappa shape index (κ2) is 10.9. The summed E-state index contributed by atoms with van der Waals surface area (Å²) in [5.41, 5.74) is 2.07. The van der Waals surface area contributed by atoms with E-state index < -0.39 is 10.8 Å². The minimum absolute atomic E-state index is 0.0248. The average Bonchev–Trinajstić information content (AvgIpc) is 2.78. The van der Waals surface area contributed by atoms with Crippen molar-refractivity contribution >= 4 is 61.9 Å². The van der Waals surface area contributed by atoms with Gasteiger partial charge in [0.15, 0.2) is 0 Å². The highest BCUT2D eigenvalue weighted by atomic mass is 127. The summed E-state index contributed by atoms with van der Waals surface area (Å²) in [6, 6.07) is 20.4. The van der Waals surface area contributed by atoms with Crippen molar-refractivity contribution in [2.24, 2.45) is 0 Å². The number of non-ortho nitro benzene ring substituents is 1. The van der Waals surface area contributed by atoms with E-state index in [0.29, 0.717) is 17.0 Å². The number of nitrogens with one attached hydrogen (secondary N) is 1. The SMILES string of the molecule is N#C/C(=C/c1ccc(OCc2ccc([N+](=O)[O-])cc2)c(I)c1)C(=O)Nc1ccc(Br)cc1. The van der Waals surface area contributed by atoms with E-state index in [0.717, 1.165) is 13.6 Å². The molecule has 0 atom stereocenters. The number of carbonyl (C=O) groups is 1. The number of anilines is 1. The highest BCUT2D eigenvalue weighted by molar-refractivity contribution is 14.1. The minimum Gasteiger partial charge on any atom is -0.488 e. The topological polar surface area (TPSA) is 105 Å². The first kappa shape index (κ1) is 23.4. The van der Waals surface area contributed by atoms with E-state index >= 15 is 0 Å². The van der Waals surface area contributed by atoms with Gasteiger partial charge in [-0.3, -0.25) is 14.9 Å². The second-order valence-electron chi connectivity index (χ2n) is 6.53. The summed E-state index contributed by atoms with van der Waals surface area (Å²) in [6.45, 7) is 0.252. The van der Waals surface area contributed by atoms with Gasteiger partial charge in [0, 0.05) is 22.3 Å². The van der Waals surface area contributed by atoms with Crippen LogP contribution < -0.4 is 10.1 Å². The first-order valence-corrected chi connectivity index (χ1v) is 11.1. The van der Waals surface area contributed by atoms with Gasteiger partial charge in [0.05, 0.1) is 8.49 Å². The van der Waals surface area contributed by atoms with Crippen LogP contribution in [0.5, 0.6) is 5.75 Å². The van der Waals surface area contributed by atoms with Gasteiger partial charge in [-0.1, -0.05) is 22.0 Å². The van der Waals surface area contributed by atoms with E-state index in [2.05, 4.69) is 43.8 Å². The largest absolute Gasteiger partial charge is 0.488 e. The fourth-order valence-corrected chi connectivity index (χ4v) is 3.61. The molecule has 160 valence electrons. The zero-order chi connectivity index (χ0) is 23.1. The van der Waals surface area contributed by atoms with Gasteiger partial charge >= 0.3 is 0 Å². The van der Waals surface area contributed by atoms with Crippen LogP contribution in [0.25, 0.3) is 6.08 Å². The van der Waals surface area contributed by atoms with Crippen molar-refractivity contribution in [3.8, 4) is 11.8 Å². The van der Waals surface area contributed by atoms with Crippen molar-refractivity contribution in [2.45, 2.75) is 6.61 Å². The van der Waals surface area contributed by atoms with E-state index in [1.54, 1.807) is 54.6 Å². The molecule has 3 aromatic carbocycles. The molecule has 0 bridgehead atoms. The minimum atomic E-state index is -0.497. The number of benzene rings is 3. The standard InChI is InChI=1S/C23H15BrIN3O4/c24-18-4-6-19(7-5-18)27-23(29)17(13-26)11-16-3-10-22(21(25)12-16)32-14-15-1-8-20(9-2-15)28(30)31/h1-12H,14H2,(H,27,29)/b17-11-. The third kappa shape index (κ3) is 6.38. The number of nitro groups is 1. The Kier molecular flexibility index (Phi) is 7.97. The Hall–Kier alpha value is -3.23. The molecule has 3 rings (SSSR count). The Morgan fingerprint density at radius 2 is 1.84 bits per heavy atom. The Balaban J connectivity index is 1.67. The number of hydrogen-bond donors (Lipinski definition) is 1. The van der Waals surface area contributed by atoms with Gasteiger partial charge in [-0.15, -0.1) is 0 Å². The van der Waals surface area contributed by atoms with Crippen LogP contribution in [-0.2, 0) is 11.4 Å². The predicted molar refractivity (Wildman–Crippen MR) is 133 cm³/mol. The summed E-state index contributed by atoms with van der Waals surface area (Å²) in [6.07, 6.45) is 1.51. The summed E-state index contributed by atoms with van der Waals surface area (Å²) in [5.74, 6) is 0.127. The third-order valence-electron chi connectivity index (χ3n) is 4.28. The molecule has 7 nitrogen and oxygen atoms in total. The van der Waals surface area contributed by atoms with E-state index in [9.17, 15) is 20.2 Å². The molecule has 0 spiro atoms. The molecular formula is C23H15BrIN3O4. The molecule has 0 saturated heterocycles.